The van der Waals surface area contributed by atoms with E-state index in [4.69, 9.17) is 37.8 Å². The number of methoxy groups -OCH3 is 2. The molecule has 0 bridgehead atoms. The fourth-order valence-electron chi connectivity index (χ4n) is 5.55. The van der Waals surface area contributed by atoms with Crippen LogP contribution in [0.15, 0.2) is 60.7 Å². The summed E-state index contributed by atoms with van der Waals surface area (Å²) < 4.78 is 13.0. The van der Waals surface area contributed by atoms with Gasteiger partial charge in [0.2, 0.25) is 0 Å². The number of halogens is 2. The fourth-order valence-corrected chi connectivity index (χ4v) is 5.89. The van der Waals surface area contributed by atoms with E-state index in [1.54, 1.807) is 67.2 Å². The van der Waals surface area contributed by atoms with Gasteiger partial charge in [0.25, 0.3) is 5.91 Å². The normalized spacial score (nSPS) is 16.1. The van der Waals surface area contributed by atoms with Crippen molar-refractivity contribution in [3.05, 3.63) is 93.2 Å². The number of hydrogen-bond acceptors (Lipinski definition) is 6. The van der Waals surface area contributed by atoms with E-state index in [9.17, 15) is 9.59 Å². The van der Waals surface area contributed by atoms with Crippen molar-refractivity contribution in [1.82, 2.24) is 9.78 Å². The SMILES string of the molecule is COc1ccc(Cl)cc1N(C)C1(c2c(C=O)nn(-c3ccccc3OC)c2C(C)C)C(=O)Nc2cc(Cl)ccc21. The van der Waals surface area contributed by atoms with Gasteiger partial charge in [0, 0.05) is 33.9 Å². The number of hydrogen-bond donors (Lipinski definition) is 1. The number of rotatable bonds is 8. The Morgan fingerprint density at radius 1 is 1.00 bits per heavy atom. The standard InChI is InChI=1S/C30H28Cl2N4O4/c1-17(2)28-27(22(16-37)34-36(28)23-8-6-7-9-25(23)39-4)30(20-12-10-18(31)14-21(20)33-29(30)38)35(3)24-15-19(32)11-13-26(24)40-5/h6-17H,1-5H3,(H,33,38). The van der Waals surface area contributed by atoms with Crippen LogP contribution in [0, 0.1) is 0 Å². The Kier molecular flexibility index (Phi) is 7.25. The van der Waals surface area contributed by atoms with Crippen LogP contribution in [-0.4, -0.2) is 43.2 Å². The van der Waals surface area contributed by atoms with Gasteiger partial charge in [-0.3, -0.25) is 9.59 Å². The molecule has 10 heteroatoms. The third-order valence-electron chi connectivity index (χ3n) is 7.24. The summed E-state index contributed by atoms with van der Waals surface area (Å²) in [6.45, 7) is 3.98. The van der Waals surface area contributed by atoms with Gasteiger partial charge in [-0.25, -0.2) is 4.68 Å². The Morgan fingerprint density at radius 3 is 2.35 bits per heavy atom. The van der Waals surface area contributed by atoms with Gasteiger partial charge < -0.3 is 19.7 Å². The van der Waals surface area contributed by atoms with Crippen molar-refractivity contribution in [3.8, 4) is 17.2 Å². The zero-order valence-corrected chi connectivity index (χ0v) is 24.2. The average Bonchev–Trinajstić information content (AvgIpc) is 3.47. The van der Waals surface area contributed by atoms with Gasteiger partial charge in [-0.1, -0.05) is 55.2 Å². The van der Waals surface area contributed by atoms with E-state index in [2.05, 4.69) is 5.32 Å². The van der Waals surface area contributed by atoms with E-state index in [1.807, 2.05) is 38.1 Å². The molecule has 1 aromatic heterocycles. The number of anilines is 2. The number of nitrogens with one attached hydrogen (secondary N) is 1. The van der Waals surface area contributed by atoms with Gasteiger partial charge in [0.05, 0.1) is 25.6 Å². The summed E-state index contributed by atoms with van der Waals surface area (Å²) in [7, 11) is 4.90. The van der Waals surface area contributed by atoms with Crippen molar-refractivity contribution in [2.24, 2.45) is 0 Å². The number of amides is 1. The van der Waals surface area contributed by atoms with Gasteiger partial charge in [-0.05, 0) is 48.4 Å². The number of ether oxygens (including phenoxy) is 2. The molecule has 206 valence electrons. The average molecular weight is 579 g/mol. The molecule has 8 nitrogen and oxygen atoms in total. The summed E-state index contributed by atoms with van der Waals surface area (Å²) >= 11 is 12.8. The molecule has 1 unspecified atom stereocenters. The summed E-state index contributed by atoms with van der Waals surface area (Å²) in [6.07, 6.45) is 0.680. The molecular weight excluding hydrogens is 551 g/mol. The topological polar surface area (TPSA) is 85.7 Å². The summed E-state index contributed by atoms with van der Waals surface area (Å²) in [6, 6.07) is 17.8. The van der Waals surface area contributed by atoms with E-state index in [0.29, 0.717) is 61.7 Å². The third kappa shape index (κ3) is 4.10. The largest absolute Gasteiger partial charge is 0.495 e. The van der Waals surface area contributed by atoms with Crippen molar-refractivity contribution in [2.75, 3.05) is 31.5 Å². The zero-order valence-electron chi connectivity index (χ0n) is 22.7. The maximum Gasteiger partial charge on any atom is 0.259 e. The fraction of sp³-hybridized carbons (Fsp3) is 0.233. The highest BCUT2D eigenvalue weighted by molar-refractivity contribution is 6.31. The molecule has 40 heavy (non-hydrogen) atoms. The number of carbonyl (C=O) groups excluding carboxylic acids is 2. The molecule has 0 saturated heterocycles. The van der Waals surface area contributed by atoms with Crippen LogP contribution in [0.1, 0.15) is 47.1 Å². The smallest absolute Gasteiger partial charge is 0.259 e. The minimum atomic E-state index is -1.55. The summed E-state index contributed by atoms with van der Waals surface area (Å²) in [4.78, 5) is 29.0. The van der Waals surface area contributed by atoms with Gasteiger partial charge in [0.15, 0.2) is 11.8 Å². The van der Waals surface area contributed by atoms with E-state index in [1.165, 1.54) is 0 Å². The van der Waals surface area contributed by atoms with Crippen LogP contribution in [0.3, 0.4) is 0 Å². The molecule has 1 aliphatic heterocycles. The molecule has 1 N–H and O–H groups in total. The molecule has 0 spiro atoms. The van der Waals surface area contributed by atoms with Crippen molar-refractivity contribution in [1.29, 1.82) is 0 Å². The maximum absolute atomic E-state index is 14.4. The number of carbonyl (C=O) groups is 2. The lowest BCUT2D eigenvalue weighted by molar-refractivity contribution is -0.119. The Morgan fingerprint density at radius 2 is 1.68 bits per heavy atom. The second-order valence-corrected chi connectivity index (χ2v) is 10.6. The van der Waals surface area contributed by atoms with Crippen molar-refractivity contribution < 1.29 is 19.1 Å². The van der Waals surface area contributed by atoms with E-state index < -0.39 is 5.54 Å². The van der Waals surface area contributed by atoms with E-state index >= 15 is 0 Å². The van der Waals surface area contributed by atoms with Gasteiger partial charge >= 0.3 is 0 Å². The molecule has 1 amide bonds. The Labute approximate surface area is 242 Å². The Hall–Kier alpha value is -4.01. The number of para-hydroxylation sites is 2. The summed E-state index contributed by atoms with van der Waals surface area (Å²) in [5.74, 6) is 0.519. The predicted octanol–water partition coefficient (Wildman–Crippen LogP) is 6.46. The molecule has 1 aliphatic rings. The molecule has 0 radical (unpaired) electrons. The molecule has 1 atom stereocenters. The molecule has 0 saturated carbocycles. The predicted molar refractivity (Wildman–Crippen MR) is 157 cm³/mol. The molecule has 2 heterocycles. The van der Waals surface area contributed by atoms with Gasteiger partial charge in [-0.2, -0.15) is 5.10 Å². The van der Waals surface area contributed by atoms with Crippen molar-refractivity contribution in [2.45, 2.75) is 25.3 Å². The number of aromatic nitrogens is 2. The van der Waals surface area contributed by atoms with E-state index in [-0.39, 0.29) is 17.5 Å². The monoisotopic (exact) mass is 578 g/mol. The lowest BCUT2D eigenvalue weighted by atomic mass is 9.78. The van der Waals surface area contributed by atoms with E-state index in [0.717, 1.165) is 0 Å². The minimum absolute atomic E-state index is 0.111. The molecule has 3 aromatic carbocycles. The van der Waals surface area contributed by atoms with Crippen LogP contribution in [0.4, 0.5) is 11.4 Å². The maximum atomic E-state index is 14.4. The number of fused-ring (bicyclic) bond motifs is 1. The van der Waals surface area contributed by atoms with Crippen LogP contribution >= 0.6 is 23.2 Å². The van der Waals surface area contributed by atoms with Crippen LogP contribution in [0.25, 0.3) is 5.69 Å². The van der Waals surface area contributed by atoms with Crippen LogP contribution in [0.2, 0.25) is 10.0 Å². The first-order valence-electron chi connectivity index (χ1n) is 12.6. The van der Waals surface area contributed by atoms with Crippen LogP contribution in [-0.2, 0) is 10.3 Å². The number of aldehydes is 1. The number of benzene rings is 3. The van der Waals surface area contributed by atoms with Crippen molar-refractivity contribution in [3.63, 3.8) is 0 Å². The quantitative estimate of drug-likeness (QED) is 0.241. The molecular formula is C30H28Cl2N4O4. The zero-order chi connectivity index (χ0) is 28.8. The van der Waals surface area contributed by atoms with Gasteiger partial charge in [-0.15, -0.1) is 0 Å². The molecule has 4 aromatic rings. The third-order valence-corrected chi connectivity index (χ3v) is 7.71. The highest BCUT2D eigenvalue weighted by Gasteiger charge is 2.56. The Balaban J connectivity index is 1.94. The highest BCUT2D eigenvalue weighted by Crippen LogP contribution is 2.52. The second-order valence-electron chi connectivity index (χ2n) is 9.73. The minimum Gasteiger partial charge on any atom is -0.495 e. The first-order chi connectivity index (χ1) is 19.2. The van der Waals surface area contributed by atoms with Crippen LogP contribution < -0.4 is 19.7 Å². The lowest BCUT2D eigenvalue weighted by Gasteiger charge is -2.40. The molecule has 0 aliphatic carbocycles. The summed E-state index contributed by atoms with van der Waals surface area (Å²) in [5, 5.41) is 8.68. The molecule has 5 rings (SSSR count). The van der Waals surface area contributed by atoms with Crippen LogP contribution in [0.5, 0.6) is 11.5 Å². The van der Waals surface area contributed by atoms with Crippen molar-refractivity contribution >= 4 is 46.8 Å². The first kappa shape index (κ1) is 27.6. The Bertz CT molecular complexity index is 1630. The first-order valence-corrected chi connectivity index (χ1v) is 13.3. The number of nitrogens with zero attached hydrogens (tertiary/aromatic N) is 3. The molecule has 0 fully saturated rings. The number of likely N-dealkylation sites (N-methyl/N-ethyl adjacent to an activating group) is 1. The lowest BCUT2D eigenvalue weighted by Crippen LogP contribution is -2.51. The second kappa shape index (κ2) is 10.5. The highest BCUT2D eigenvalue weighted by atomic mass is 35.5. The van der Waals surface area contributed by atoms with Gasteiger partial charge in [0.1, 0.15) is 22.9 Å². The summed E-state index contributed by atoms with van der Waals surface area (Å²) in [5.41, 5.74) is 1.98.